The van der Waals surface area contributed by atoms with Crippen molar-refractivity contribution < 1.29 is 0 Å². The average molecular weight is 127 g/mol. The minimum Gasteiger partial charge on any atom is -0.384 e. The Hall–Kier alpha value is -0.460. The minimum atomic E-state index is 0.674. The van der Waals surface area contributed by atoms with E-state index >= 15 is 0 Å². The van der Waals surface area contributed by atoms with Crippen LogP contribution in [0.25, 0.3) is 0 Å². The first-order valence-corrected chi connectivity index (χ1v) is 3.38. The van der Waals surface area contributed by atoms with Gasteiger partial charge in [0, 0.05) is 14.1 Å². The quantitative estimate of drug-likeness (QED) is 0.549. The number of hydrogen-bond acceptors (Lipinski definition) is 1. The van der Waals surface area contributed by atoms with Crippen LogP contribution in [0.5, 0.6) is 0 Å². The Morgan fingerprint density at radius 3 is 1.89 bits per heavy atom. The first kappa shape index (κ1) is 8.54. The van der Waals surface area contributed by atoms with E-state index in [-0.39, 0.29) is 0 Å². The van der Waals surface area contributed by atoms with Gasteiger partial charge in [0.1, 0.15) is 0 Å². The number of rotatable bonds is 2. The van der Waals surface area contributed by atoms with Gasteiger partial charge in [0.2, 0.25) is 0 Å². The molecule has 0 unspecified atom stereocenters. The van der Waals surface area contributed by atoms with Crippen LogP contribution < -0.4 is 0 Å². The first-order valence-electron chi connectivity index (χ1n) is 3.38. The van der Waals surface area contributed by atoms with E-state index in [4.69, 9.17) is 0 Å². The fourth-order valence-electron chi connectivity index (χ4n) is 0.556. The molecule has 1 heteroatoms. The molecule has 0 amide bonds. The summed E-state index contributed by atoms with van der Waals surface area (Å²) in [5.74, 6) is 0.674. The van der Waals surface area contributed by atoms with Crippen molar-refractivity contribution in [2.75, 3.05) is 14.1 Å². The van der Waals surface area contributed by atoms with E-state index in [1.165, 1.54) is 5.57 Å². The summed E-state index contributed by atoms with van der Waals surface area (Å²) in [5, 5.41) is 0. The van der Waals surface area contributed by atoms with Gasteiger partial charge in [0.25, 0.3) is 0 Å². The minimum absolute atomic E-state index is 0.674. The van der Waals surface area contributed by atoms with Gasteiger partial charge in [0.05, 0.1) is 0 Å². The molecule has 0 aromatic rings. The zero-order valence-electron chi connectivity index (χ0n) is 7.10. The Bertz CT molecular complexity index is 101. The SMILES string of the molecule is C/C(=C\N(C)C)C(C)C. The van der Waals surface area contributed by atoms with Gasteiger partial charge < -0.3 is 4.90 Å². The van der Waals surface area contributed by atoms with Crippen LogP contribution in [0.1, 0.15) is 20.8 Å². The molecule has 0 aromatic heterocycles. The second-order valence-electron chi connectivity index (χ2n) is 2.99. The zero-order chi connectivity index (χ0) is 7.44. The van der Waals surface area contributed by atoms with Gasteiger partial charge >= 0.3 is 0 Å². The molecule has 0 rings (SSSR count). The van der Waals surface area contributed by atoms with E-state index in [1.807, 2.05) is 14.1 Å². The highest BCUT2D eigenvalue weighted by molar-refractivity contribution is 4.98. The monoisotopic (exact) mass is 127 g/mol. The van der Waals surface area contributed by atoms with Gasteiger partial charge in [-0.3, -0.25) is 0 Å². The maximum atomic E-state index is 2.20. The fraction of sp³-hybridized carbons (Fsp3) is 0.750. The molecule has 0 aliphatic heterocycles. The van der Waals surface area contributed by atoms with E-state index in [1.54, 1.807) is 0 Å². The van der Waals surface area contributed by atoms with Crippen LogP contribution in [-0.4, -0.2) is 19.0 Å². The second kappa shape index (κ2) is 3.54. The summed E-state index contributed by atoms with van der Waals surface area (Å²) in [6, 6.07) is 0. The van der Waals surface area contributed by atoms with Gasteiger partial charge in [-0.1, -0.05) is 19.4 Å². The number of nitrogens with zero attached hydrogens (tertiary/aromatic N) is 1. The molecule has 0 N–H and O–H groups in total. The summed E-state index contributed by atoms with van der Waals surface area (Å²) in [5.41, 5.74) is 1.43. The lowest BCUT2D eigenvalue weighted by atomic mass is 10.1. The Balaban J connectivity index is 3.84. The predicted octanol–water partition coefficient (Wildman–Crippen LogP) is 2.11. The Kier molecular flexibility index (Phi) is 3.36. The van der Waals surface area contributed by atoms with Gasteiger partial charge in [-0.05, 0) is 19.0 Å². The lowest BCUT2D eigenvalue weighted by Crippen LogP contribution is -2.04. The number of allylic oxidation sites excluding steroid dienone is 1. The standard InChI is InChI=1S/C8H17N/c1-7(2)8(3)6-9(4)5/h6-7H,1-5H3/b8-6+. The van der Waals surface area contributed by atoms with Crippen LogP contribution in [-0.2, 0) is 0 Å². The molecule has 0 saturated carbocycles. The molecule has 0 atom stereocenters. The average Bonchev–Trinajstić information content (AvgIpc) is 1.63. The summed E-state index contributed by atoms with van der Waals surface area (Å²) in [4.78, 5) is 2.08. The van der Waals surface area contributed by atoms with Crippen LogP contribution in [0.3, 0.4) is 0 Å². The summed E-state index contributed by atoms with van der Waals surface area (Å²) >= 11 is 0. The highest BCUT2D eigenvalue weighted by Gasteiger charge is 1.94. The van der Waals surface area contributed by atoms with Crippen LogP contribution in [0.15, 0.2) is 11.8 Å². The van der Waals surface area contributed by atoms with Crippen molar-refractivity contribution in [3.05, 3.63) is 11.8 Å². The lowest BCUT2D eigenvalue weighted by Gasteiger charge is -2.10. The van der Waals surface area contributed by atoms with Crippen molar-refractivity contribution in [3.8, 4) is 0 Å². The second-order valence-corrected chi connectivity index (χ2v) is 2.99. The van der Waals surface area contributed by atoms with Crippen molar-refractivity contribution >= 4 is 0 Å². The highest BCUT2D eigenvalue weighted by Crippen LogP contribution is 2.07. The third-order valence-electron chi connectivity index (χ3n) is 1.37. The molecule has 0 spiro atoms. The largest absolute Gasteiger partial charge is 0.384 e. The summed E-state index contributed by atoms with van der Waals surface area (Å²) in [7, 11) is 4.10. The molecule has 0 aliphatic carbocycles. The maximum Gasteiger partial charge on any atom is 0.00556 e. The zero-order valence-corrected chi connectivity index (χ0v) is 7.10. The third kappa shape index (κ3) is 4.07. The topological polar surface area (TPSA) is 3.24 Å². The van der Waals surface area contributed by atoms with Gasteiger partial charge in [-0.2, -0.15) is 0 Å². The predicted molar refractivity (Wildman–Crippen MR) is 42.3 cm³/mol. The first-order chi connectivity index (χ1) is 4.04. The lowest BCUT2D eigenvalue weighted by molar-refractivity contribution is 0.547. The molecule has 0 aliphatic rings. The molecule has 54 valence electrons. The smallest absolute Gasteiger partial charge is 0.00556 e. The van der Waals surface area contributed by atoms with Crippen LogP contribution in [0, 0.1) is 5.92 Å². The van der Waals surface area contributed by atoms with Gasteiger partial charge in [0.15, 0.2) is 0 Å². The Morgan fingerprint density at radius 2 is 1.78 bits per heavy atom. The van der Waals surface area contributed by atoms with Crippen molar-refractivity contribution in [1.82, 2.24) is 4.90 Å². The van der Waals surface area contributed by atoms with Crippen LogP contribution in [0.4, 0.5) is 0 Å². The molecular formula is C8H17N. The fourth-order valence-corrected chi connectivity index (χ4v) is 0.556. The van der Waals surface area contributed by atoms with Crippen LogP contribution in [0.2, 0.25) is 0 Å². The van der Waals surface area contributed by atoms with Crippen molar-refractivity contribution in [1.29, 1.82) is 0 Å². The van der Waals surface area contributed by atoms with Gasteiger partial charge in [-0.25, -0.2) is 0 Å². The molecule has 9 heavy (non-hydrogen) atoms. The van der Waals surface area contributed by atoms with E-state index in [9.17, 15) is 0 Å². The normalized spacial score (nSPS) is 12.4. The van der Waals surface area contributed by atoms with Crippen molar-refractivity contribution in [2.24, 2.45) is 5.92 Å². The van der Waals surface area contributed by atoms with E-state index in [2.05, 4.69) is 31.9 Å². The summed E-state index contributed by atoms with van der Waals surface area (Å²) in [6.45, 7) is 6.56. The molecular weight excluding hydrogens is 110 g/mol. The van der Waals surface area contributed by atoms with Crippen molar-refractivity contribution in [2.45, 2.75) is 20.8 Å². The van der Waals surface area contributed by atoms with Gasteiger partial charge in [-0.15, -0.1) is 0 Å². The summed E-state index contributed by atoms with van der Waals surface area (Å²) < 4.78 is 0. The Labute approximate surface area is 58.4 Å². The summed E-state index contributed by atoms with van der Waals surface area (Å²) in [6.07, 6.45) is 2.16. The molecule has 0 saturated heterocycles. The highest BCUT2D eigenvalue weighted by atomic mass is 15.0. The van der Waals surface area contributed by atoms with E-state index < -0.39 is 0 Å². The molecule has 1 nitrogen and oxygen atoms in total. The molecule has 0 bridgehead atoms. The molecule has 0 heterocycles. The van der Waals surface area contributed by atoms with Crippen LogP contribution >= 0.6 is 0 Å². The third-order valence-corrected chi connectivity index (χ3v) is 1.37. The van der Waals surface area contributed by atoms with Crippen molar-refractivity contribution in [3.63, 3.8) is 0 Å². The van der Waals surface area contributed by atoms with E-state index in [0.717, 1.165) is 0 Å². The molecule has 0 radical (unpaired) electrons. The Morgan fingerprint density at radius 1 is 1.33 bits per heavy atom. The molecule has 0 fully saturated rings. The number of hydrogen-bond donors (Lipinski definition) is 0. The maximum absolute atomic E-state index is 2.20. The molecule has 0 aromatic carbocycles. The van der Waals surface area contributed by atoms with E-state index in [0.29, 0.717) is 5.92 Å².